The normalized spacial score (nSPS) is 12.9. The van der Waals surface area contributed by atoms with E-state index in [1.54, 1.807) is 0 Å². The van der Waals surface area contributed by atoms with Gasteiger partial charge in [-0.25, -0.2) is 0 Å². The highest BCUT2D eigenvalue weighted by atomic mass is 15.1. The Bertz CT molecular complexity index is 1610. The summed E-state index contributed by atoms with van der Waals surface area (Å²) in [5, 5.41) is 19.3. The van der Waals surface area contributed by atoms with Crippen molar-refractivity contribution < 1.29 is 0 Å². The smallest absolute Gasteiger partial charge is 0.101 e. The number of fused-ring (bicyclic) bond motifs is 4. The predicted molar refractivity (Wildman–Crippen MR) is 133 cm³/mol. The average Bonchev–Trinajstić information content (AvgIpc) is 3.50. The summed E-state index contributed by atoms with van der Waals surface area (Å²) in [6.45, 7) is 3.86. The van der Waals surface area contributed by atoms with E-state index >= 15 is 0 Å². The van der Waals surface area contributed by atoms with E-state index in [2.05, 4.69) is 62.6 Å². The molecule has 5 aromatic rings. The molecule has 0 atom stereocenters. The second-order valence-corrected chi connectivity index (χ2v) is 9.02. The largest absolute Gasteiger partial charge is 0.276 e. The maximum atomic E-state index is 9.45. The Balaban J connectivity index is 1.50. The molecule has 1 aliphatic rings. The predicted octanol–water partition coefficient (Wildman–Crippen LogP) is 6.50. The molecule has 3 aromatic carbocycles. The molecule has 5 heteroatoms. The van der Waals surface area contributed by atoms with E-state index in [4.69, 9.17) is 0 Å². The number of H-pyrrole nitrogens is 1. The first-order valence-corrected chi connectivity index (χ1v) is 11.0. The second-order valence-electron chi connectivity index (χ2n) is 9.02. The number of aromatic amines is 1. The molecule has 0 bridgehead atoms. The van der Waals surface area contributed by atoms with E-state index in [0.29, 0.717) is 0 Å². The minimum atomic E-state index is -0.529. The van der Waals surface area contributed by atoms with Gasteiger partial charge in [0, 0.05) is 29.0 Å². The van der Waals surface area contributed by atoms with E-state index < -0.39 is 5.41 Å². The van der Waals surface area contributed by atoms with Crippen LogP contribution in [0, 0.1) is 11.3 Å². The van der Waals surface area contributed by atoms with Crippen LogP contribution in [0.1, 0.15) is 25.0 Å². The van der Waals surface area contributed by atoms with E-state index in [-0.39, 0.29) is 0 Å². The topological polar surface area (TPSA) is 77.7 Å². The maximum absolute atomic E-state index is 9.45. The molecule has 1 aliphatic heterocycles. The summed E-state index contributed by atoms with van der Waals surface area (Å²) in [5.74, 6) is 0. The van der Waals surface area contributed by atoms with Crippen molar-refractivity contribution in [3.63, 3.8) is 0 Å². The number of benzene rings is 3. The molecule has 33 heavy (non-hydrogen) atoms. The first kappa shape index (κ1) is 19.4. The molecule has 5 nitrogen and oxygen atoms in total. The summed E-state index contributed by atoms with van der Waals surface area (Å²) in [6, 6.07) is 23.3. The highest BCUT2D eigenvalue weighted by molar-refractivity contribution is 6.11. The van der Waals surface area contributed by atoms with Gasteiger partial charge < -0.3 is 0 Å². The molecule has 0 radical (unpaired) electrons. The van der Waals surface area contributed by atoms with Crippen LogP contribution in [0.3, 0.4) is 0 Å². The minimum absolute atomic E-state index is 0.529. The van der Waals surface area contributed by atoms with Gasteiger partial charge in [-0.05, 0) is 60.4 Å². The fraction of sp³-hybridized carbons (Fsp3) is 0.143. The van der Waals surface area contributed by atoms with Gasteiger partial charge in [-0.3, -0.25) is 15.1 Å². The fourth-order valence-corrected chi connectivity index (χ4v) is 4.50. The monoisotopic (exact) mass is 427 g/mol. The standard InChI is InChI=1S/C28H21N5/c1-28(2,16-29)21-7-3-17(4-8-21)27-26-22-14-19(6-10-24(22)31-15-25(26)32-33-27)18-5-9-23-20(13-18)11-12-30-23/h3-10,12-15H,11H2,1-2H3,(H,32,33). The number of nitriles is 1. The first-order valence-electron chi connectivity index (χ1n) is 11.0. The SMILES string of the molecule is CC(C)(C#N)c1ccc(-c2n[nH]c3cnc4ccc(-c5ccc6c(c5)CC=N6)cc4c23)cc1. The van der Waals surface area contributed by atoms with Crippen molar-refractivity contribution in [2.24, 2.45) is 4.99 Å². The summed E-state index contributed by atoms with van der Waals surface area (Å²) in [4.78, 5) is 9.06. The van der Waals surface area contributed by atoms with E-state index in [9.17, 15) is 5.26 Å². The molecule has 2 aromatic heterocycles. The van der Waals surface area contributed by atoms with Crippen molar-refractivity contribution in [2.75, 3.05) is 0 Å². The van der Waals surface area contributed by atoms with Crippen molar-refractivity contribution in [2.45, 2.75) is 25.7 Å². The second kappa shape index (κ2) is 7.11. The third-order valence-corrected chi connectivity index (χ3v) is 6.51. The zero-order chi connectivity index (χ0) is 22.6. The fourth-order valence-electron chi connectivity index (χ4n) is 4.50. The lowest BCUT2D eigenvalue weighted by Gasteiger charge is -2.15. The van der Waals surface area contributed by atoms with Crippen molar-refractivity contribution >= 4 is 33.7 Å². The van der Waals surface area contributed by atoms with Gasteiger partial charge in [-0.2, -0.15) is 10.4 Å². The number of hydrogen-bond donors (Lipinski definition) is 1. The summed E-state index contributed by atoms with van der Waals surface area (Å²) >= 11 is 0. The lowest BCUT2D eigenvalue weighted by Crippen LogP contribution is -2.13. The molecular weight excluding hydrogens is 406 g/mol. The number of aromatic nitrogens is 3. The van der Waals surface area contributed by atoms with Gasteiger partial charge in [0.1, 0.15) is 5.69 Å². The van der Waals surface area contributed by atoms with Gasteiger partial charge in [-0.15, -0.1) is 0 Å². The highest BCUT2D eigenvalue weighted by Crippen LogP contribution is 2.36. The minimum Gasteiger partial charge on any atom is -0.276 e. The molecular formula is C28H21N5. The summed E-state index contributed by atoms with van der Waals surface area (Å²) in [6.07, 6.45) is 4.68. The van der Waals surface area contributed by atoms with E-state index in [0.717, 1.165) is 56.3 Å². The van der Waals surface area contributed by atoms with E-state index in [1.807, 2.05) is 50.5 Å². The van der Waals surface area contributed by atoms with Crippen LogP contribution in [-0.2, 0) is 11.8 Å². The van der Waals surface area contributed by atoms with Gasteiger partial charge in [0.05, 0.1) is 34.4 Å². The van der Waals surface area contributed by atoms with Crippen molar-refractivity contribution in [1.82, 2.24) is 15.2 Å². The highest BCUT2D eigenvalue weighted by Gasteiger charge is 2.20. The number of pyridine rings is 1. The maximum Gasteiger partial charge on any atom is 0.101 e. The van der Waals surface area contributed by atoms with Gasteiger partial charge in [0.25, 0.3) is 0 Å². The van der Waals surface area contributed by atoms with Crippen LogP contribution in [0.5, 0.6) is 0 Å². The molecule has 0 aliphatic carbocycles. The Morgan fingerprint density at radius 1 is 0.939 bits per heavy atom. The Labute approximate surface area is 191 Å². The Kier molecular flexibility index (Phi) is 4.18. The number of hydrogen-bond acceptors (Lipinski definition) is 4. The average molecular weight is 428 g/mol. The summed E-state index contributed by atoms with van der Waals surface area (Å²) in [7, 11) is 0. The molecule has 0 fully saturated rings. The Hall–Kier alpha value is -4.30. The molecule has 0 saturated heterocycles. The molecule has 0 unspecified atom stereocenters. The van der Waals surface area contributed by atoms with Crippen LogP contribution >= 0.6 is 0 Å². The van der Waals surface area contributed by atoms with Crippen molar-refractivity contribution in [3.8, 4) is 28.5 Å². The van der Waals surface area contributed by atoms with Gasteiger partial charge in [0.15, 0.2) is 0 Å². The quantitative estimate of drug-likeness (QED) is 0.357. The third-order valence-electron chi connectivity index (χ3n) is 6.51. The van der Waals surface area contributed by atoms with Gasteiger partial charge >= 0.3 is 0 Å². The molecule has 0 amide bonds. The van der Waals surface area contributed by atoms with E-state index in [1.165, 1.54) is 11.1 Å². The number of rotatable bonds is 3. The van der Waals surface area contributed by atoms with Crippen LogP contribution in [0.2, 0.25) is 0 Å². The number of nitrogens with zero attached hydrogens (tertiary/aromatic N) is 4. The van der Waals surface area contributed by atoms with Crippen LogP contribution in [0.4, 0.5) is 5.69 Å². The Morgan fingerprint density at radius 3 is 2.52 bits per heavy atom. The summed E-state index contributed by atoms with van der Waals surface area (Å²) < 4.78 is 0. The molecule has 6 rings (SSSR count). The zero-order valence-corrected chi connectivity index (χ0v) is 18.4. The van der Waals surface area contributed by atoms with Crippen molar-refractivity contribution in [1.29, 1.82) is 5.26 Å². The van der Waals surface area contributed by atoms with Gasteiger partial charge in [-0.1, -0.05) is 36.4 Å². The van der Waals surface area contributed by atoms with Crippen LogP contribution < -0.4 is 0 Å². The lowest BCUT2D eigenvalue weighted by atomic mass is 9.86. The first-order chi connectivity index (χ1) is 16.0. The lowest BCUT2D eigenvalue weighted by molar-refractivity contribution is 0.687. The third kappa shape index (κ3) is 3.11. The molecule has 158 valence electrons. The molecule has 0 saturated carbocycles. The van der Waals surface area contributed by atoms with Crippen LogP contribution in [0.25, 0.3) is 44.2 Å². The molecule has 3 heterocycles. The molecule has 1 N–H and O–H groups in total. The number of aliphatic imine (C=N–C) groups is 1. The van der Waals surface area contributed by atoms with Crippen LogP contribution in [-0.4, -0.2) is 21.4 Å². The number of nitrogens with one attached hydrogen (secondary N) is 1. The van der Waals surface area contributed by atoms with Crippen molar-refractivity contribution in [3.05, 3.63) is 78.0 Å². The Morgan fingerprint density at radius 2 is 1.70 bits per heavy atom. The van der Waals surface area contributed by atoms with Crippen LogP contribution in [0.15, 0.2) is 71.9 Å². The van der Waals surface area contributed by atoms with Gasteiger partial charge in [0.2, 0.25) is 0 Å². The zero-order valence-electron chi connectivity index (χ0n) is 18.4. The molecule has 0 spiro atoms. The summed E-state index contributed by atoms with van der Waals surface area (Å²) in [5.41, 5.74) is 8.82.